The Bertz CT molecular complexity index is 199. The topological polar surface area (TPSA) is 18.5 Å². The molecule has 0 amide bonds. The first kappa shape index (κ1) is 12.3. The molecule has 2 aliphatic heterocycles. The summed E-state index contributed by atoms with van der Waals surface area (Å²) < 4.78 is 0. The van der Waals surface area contributed by atoms with E-state index in [4.69, 9.17) is 0 Å². The minimum Gasteiger partial charge on any atom is -0.314 e. The molecule has 0 radical (unpaired) electrons. The lowest BCUT2D eigenvalue weighted by Crippen LogP contribution is -2.49. The number of hydrogen-bond acceptors (Lipinski definition) is 3. The summed E-state index contributed by atoms with van der Waals surface area (Å²) in [5.41, 5.74) is 0. The van der Waals surface area contributed by atoms with Crippen molar-refractivity contribution in [2.24, 2.45) is 5.92 Å². The second kappa shape index (κ2) is 5.99. The van der Waals surface area contributed by atoms with Crippen LogP contribution >= 0.6 is 0 Å². The van der Waals surface area contributed by atoms with Crippen LogP contribution in [0, 0.1) is 5.92 Å². The third-order valence-electron chi connectivity index (χ3n) is 4.16. The Hall–Kier alpha value is -0.120. The number of hydrogen-bond donors (Lipinski definition) is 1. The highest BCUT2D eigenvalue weighted by molar-refractivity contribution is 4.79. The molecule has 2 heterocycles. The van der Waals surface area contributed by atoms with E-state index in [1.165, 1.54) is 58.7 Å². The van der Waals surface area contributed by atoms with Gasteiger partial charge in [-0.2, -0.15) is 0 Å². The van der Waals surface area contributed by atoms with Crippen LogP contribution in [0.3, 0.4) is 0 Å². The van der Waals surface area contributed by atoms with Crippen molar-refractivity contribution in [2.75, 3.05) is 45.8 Å². The Balaban J connectivity index is 1.69. The molecule has 2 atom stereocenters. The molecular formula is C13H27N3. The molecular weight excluding hydrogens is 198 g/mol. The maximum absolute atomic E-state index is 3.54. The van der Waals surface area contributed by atoms with Gasteiger partial charge in [-0.25, -0.2) is 0 Å². The number of piperazine rings is 1. The zero-order chi connectivity index (χ0) is 11.4. The molecule has 2 saturated heterocycles. The zero-order valence-electron chi connectivity index (χ0n) is 10.9. The fraction of sp³-hybridized carbons (Fsp3) is 1.00. The molecule has 16 heavy (non-hydrogen) atoms. The predicted molar refractivity (Wildman–Crippen MR) is 68.7 cm³/mol. The lowest BCUT2D eigenvalue weighted by molar-refractivity contribution is 0.111. The van der Waals surface area contributed by atoms with Gasteiger partial charge >= 0.3 is 0 Å². The van der Waals surface area contributed by atoms with Crippen molar-refractivity contribution in [2.45, 2.75) is 32.7 Å². The third kappa shape index (κ3) is 3.44. The van der Waals surface area contributed by atoms with Crippen LogP contribution in [0.15, 0.2) is 0 Å². The average molecular weight is 225 g/mol. The van der Waals surface area contributed by atoms with Crippen LogP contribution in [0.25, 0.3) is 0 Å². The molecule has 3 heteroatoms. The summed E-state index contributed by atoms with van der Waals surface area (Å²) in [6.45, 7) is 13.5. The summed E-state index contributed by atoms with van der Waals surface area (Å²) in [5, 5.41) is 3.54. The van der Waals surface area contributed by atoms with E-state index in [0.29, 0.717) is 0 Å². The molecule has 2 fully saturated rings. The first-order valence-corrected chi connectivity index (χ1v) is 6.96. The summed E-state index contributed by atoms with van der Waals surface area (Å²) in [5.74, 6) is 0.935. The maximum Gasteiger partial charge on any atom is 0.0110 e. The SMILES string of the molecule is CCN1CCN(CC2CCNC(C)C2)CC1. The van der Waals surface area contributed by atoms with Gasteiger partial charge in [0.05, 0.1) is 0 Å². The van der Waals surface area contributed by atoms with Crippen molar-refractivity contribution in [3.63, 3.8) is 0 Å². The molecule has 94 valence electrons. The fourth-order valence-corrected chi connectivity index (χ4v) is 3.05. The average Bonchev–Trinajstić information content (AvgIpc) is 2.30. The molecule has 2 rings (SSSR count). The highest BCUT2D eigenvalue weighted by Crippen LogP contribution is 2.18. The summed E-state index contributed by atoms with van der Waals surface area (Å²) in [6.07, 6.45) is 2.74. The fourth-order valence-electron chi connectivity index (χ4n) is 3.05. The van der Waals surface area contributed by atoms with E-state index in [-0.39, 0.29) is 0 Å². The van der Waals surface area contributed by atoms with Gasteiger partial charge in [0.2, 0.25) is 0 Å². The Morgan fingerprint density at radius 2 is 1.81 bits per heavy atom. The van der Waals surface area contributed by atoms with E-state index >= 15 is 0 Å². The molecule has 0 bridgehead atoms. The van der Waals surface area contributed by atoms with E-state index in [1.54, 1.807) is 0 Å². The molecule has 0 aromatic carbocycles. The lowest BCUT2D eigenvalue weighted by atomic mass is 9.92. The Morgan fingerprint density at radius 1 is 1.12 bits per heavy atom. The van der Waals surface area contributed by atoms with Crippen LogP contribution < -0.4 is 5.32 Å². The van der Waals surface area contributed by atoms with Crippen molar-refractivity contribution in [1.29, 1.82) is 0 Å². The number of rotatable bonds is 3. The van der Waals surface area contributed by atoms with Gasteiger partial charge in [0.1, 0.15) is 0 Å². The summed E-state index contributed by atoms with van der Waals surface area (Å²) in [4.78, 5) is 5.23. The van der Waals surface area contributed by atoms with Gasteiger partial charge in [0, 0.05) is 38.8 Å². The highest BCUT2D eigenvalue weighted by atomic mass is 15.3. The van der Waals surface area contributed by atoms with E-state index in [1.807, 2.05) is 0 Å². The van der Waals surface area contributed by atoms with Crippen molar-refractivity contribution >= 4 is 0 Å². The van der Waals surface area contributed by atoms with Crippen LogP contribution in [-0.4, -0.2) is 61.7 Å². The first-order chi connectivity index (χ1) is 7.78. The summed E-state index contributed by atoms with van der Waals surface area (Å²) in [7, 11) is 0. The van der Waals surface area contributed by atoms with Crippen molar-refractivity contribution in [3.8, 4) is 0 Å². The summed E-state index contributed by atoms with van der Waals surface area (Å²) in [6, 6.07) is 0.732. The maximum atomic E-state index is 3.54. The van der Waals surface area contributed by atoms with Crippen LogP contribution in [0.1, 0.15) is 26.7 Å². The van der Waals surface area contributed by atoms with Crippen molar-refractivity contribution < 1.29 is 0 Å². The minimum atomic E-state index is 0.732. The van der Waals surface area contributed by atoms with Crippen LogP contribution in [-0.2, 0) is 0 Å². The normalized spacial score (nSPS) is 34.1. The van der Waals surface area contributed by atoms with E-state index < -0.39 is 0 Å². The van der Waals surface area contributed by atoms with Gasteiger partial charge in [-0.05, 0) is 38.8 Å². The Labute approximate surface area is 100 Å². The standard InChI is InChI=1S/C13H27N3/c1-3-15-6-8-16(9-7-15)11-13-4-5-14-12(2)10-13/h12-14H,3-11H2,1-2H3. The van der Waals surface area contributed by atoms with Gasteiger partial charge in [0.15, 0.2) is 0 Å². The molecule has 0 aromatic rings. The second-order valence-corrected chi connectivity index (χ2v) is 5.48. The highest BCUT2D eigenvalue weighted by Gasteiger charge is 2.22. The quantitative estimate of drug-likeness (QED) is 0.773. The third-order valence-corrected chi connectivity index (χ3v) is 4.16. The molecule has 2 aliphatic rings. The van der Waals surface area contributed by atoms with Crippen LogP contribution in [0.2, 0.25) is 0 Å². The molecule has 0 aliphatic carbocycles. The van der Waals surface area contributed by atoms with Crippen molar-refractivity contribution in [3.05, 3.63) is 0 Å². The molecule has 0 saturated carbocycles. The number of likely N-dealkylation sites (N-methyl/N-ethyl adjacent to an activating group) is 1. The second-order valence-electron chi connectivity index (χ2n) is 5.48. The predicted octanol–water partition coefficient (Wildman–Crippen LogP) is 1.01. The van der Waals surface area contributed by atoms with Gasteiger partial charge < -0.3 is 15.1 Å². The zero-order valence-corrected chi connectivity index (χ0v) is 10.9. The van der Waals surface area contributed by atoms with Gasteiger partial charge in [-0.1, -0.05) is 6.92 Å². The van der Waals surface area contributed by atoms with Crippen molar-refractivity contribution in [1.82, 2.24) is 15.1 Å². The van der Waals surface area contributed by atoms with Crippen LogP contribution in [0.4, 0.5) is 0 Å². The molecule has 0 spiro atoms. The van der Waals surface area contributed by atoms with Gasteiger partial charge in [-0.15, -0.1) is 0 Å². The van der Waals surface area contributed by atoms with Gasteiger partial charge in [-0.3, -0.25) is 0 Å². The Kier molecular flexibility index (Phi) is 4.62. The summed E-state index contributed by atoms with van der Waals surface area (Å²) >= 11 is 0. The first-order valence-electron chi connectivity index (χ1n) is 6.96. The van der Waals surface area contributed by atoms with E-state index in [2.05, 4.69) is 29.0 Å². The minimum absolute atomic E-state index is 0.732. The molecule has 3 nitrogen and oxygen atoms in total. The van der Waals surface area contributed by atoms with Crippen LogP contribution in [0.5, 0.6) is 0 Å². The number of nitrogens with zero attached hydrogens (tertiary/aromatic N) is 2. The van der Waals surface area contributed by atoms with E-state index in [9.17, 15) is 0 Å². The number of piperidine rings is 1. The monoisotopic (exact) mass is 225 g/mol. The lowest BCUT2D eigenvalue weighted by Gasteiger charge is -2.37. The molecule has 1 N–H and O–H groups in total. The van der Waals surface area contributed by atoms with Gasteiger partial charge in [0.25, 0.3) is 0 Å². The Morgan fingerprint density at radius 3 is 2.44 bits per heavy atom. The molecule has 0 aromatic heterocycles. The number of nitrogens with one attached hydrogen (secondary N) is 1. The molecule has 2 unspecified atom stereocenters. The van der Waals surface area contributed by atoms with E-state index in [0.717, 1.165) is 12.0 Å². The smallest absolute Gasteiger partial charge is 0.0110 e. The largest absolute Gasteiger partial charge is 0.314 e.